The minimum absolute atomic E-state index is 0.123. The third kappa shape index (κ3) is 8.01. The van der Waals surface area contributed by atoms with Crippen molar-refractivity contribution in [2.45, 2.75) is 70.4 Å². The molecule has 8 aromatic rings. The first-order valence-electron chi connectivity index (χ1n) is 24.0. The molecule has 0 aromatic heterocycles. The molecule has 0 radical (unpaired) electrons. The van der Waals surface area contributed by atoms with Crippen LogP contribution >= 0.6 is 0 Å². The van der Waals surface area contributed by atoms with Crippen LogP contribution in [0.3, 0.4) is 0 Å². The van der Waals surface area contributed by atoms with E-state index in [4.69, 9.17) is 15.7 Å². The first-order chi connectivity index (χ1) is 32.9. The predicted molar refractivity (Wildman–Crippen MR) is 282 cm³/mol. The summed E-state index contributed by atoms with van der Waals surface area (Å²) in [6.45, 7) is 6.72. The molecule has 4 atom stereocenters. The molecule has 8 aromatic carbocycles. The minimum Gasteiger partial charge on any atom is -0.383 e. The number of hydrogen-bond donors (Lipinski definition) is 1. The molecule has 4 nitrogen and oxygen atoms in total. The van der Waals surface area contributed by atoms with Crippen LogP contribution in [0.5, 0.6) is 0 Å². The number of anilines is 2. The number of nitrogens with two attached hydrogens (primary N) is 1. The van der Waals surface area contributed by atoms with Gasteiger partial charge in [-0.05, 0) is 136 Å². The van der Waals surface area contributed by atoms with Crippen LogP contribution in [0, 0.1) is 6.92 Å². The number of rotatable bonds is 9. The highest BCUT2D eigenvalue weighted by Gasteiger charge is 2.37. The Morgan fingerprint density at radius 2 is 1.37 bits per heavy atom. The molecule has 1 heterocycles. The Hall–Kier alpha value is -7.56. The molecule has 4 heteroatoms. The van der Waals surface area contributed by atoms with Gasteiger partial charge in [0.1, 0.15) is 5.84 Å². The predicted octanol–water partition coefficient (Wildman–Crippen LogP) is 15.2. The fourth-order valence-corrected chi connectivity index (χ4v) is 11.0. The standard InChI is InChI=1S/C63H56N4/c1-41-34-35-47(39-59(41)55-29-12-11-26-51(55)42(2)44-18-5-4-6-19-44)48-36-37-57-56-30-13-14-33-60(56)67(61(57)40-48)50-25-15-24-49(38-50)62(64)66-63(58-32-17-23-46-21-8-10-28-54(46)58)65-43(3)52-31-16-22-45-20-7-9-27-53(45)52/h4-7,9,11-20,22-27,29-40,42-43,56,60H,8,10,21,28H2,1-3H3,(H2,64,65,66). The van der Waals surface area contributed by atoms with E-state index in [9.17, 15) is 0 Å². The monoisotopic (exact) mass is 868 g/mol. The molecule has 4 unspecified atom stereocenters. The fourth-order valence-electron chi connectivity index (χ4n) is 11.0. The topological polar surface area (TPSA) is 54.0 Å². The van der Waals surface area contributed by atoms with Crippen molar-refractivity contribution in [3.63, 3.8) is 0 Å². The van der Waals surface area contributed by atoms with Crippen molar-refractivity contribution in [3.05, 3.63) is 250 Å². The molecule has 67 heavy (non-hydrogen) atoms. The van der Waals surface area contributed by atoms with E-state index in [0.717, 1.165) is 36.1 Å². The van der Waals surface area contributed by atoms with Crippen LogP contribution in [0.4, 0.5) is 11.4 Å². The SMILES string of the molecule is Cc1ccc(-c2ccc3c(c2)N(c2cccc(C(N)=NC(=NC(C)c4cccc5ccccc45)c4cccc5c4CCCC5)c2)C2C=CC=CC32)cc1-c1ccccc1C(C)c1ccccc1. The van der Waals surface area contributed by atoms with Gasteiger partial charge in [0, 0.05) is 34.3 Å². The zero-order chi connectivity index (χ0) is 45.4. The molecule has 0 fully saturated rings. The van der Waals surface area contributed by atoms with Gasteiger partial charge >= 0.3 is 0 Å². The summed E-state index contributed by atoms with van der Waals surface area (Å²) in [6.07, 6.45) is 13.5. The Bertz CT molecular complexity index is 3280. The van der Waals surface area contributed by atoms with Gasteiger partial charge in [-0.2, -0.15) is 0 Å². The largest absolute Gasteiger partial charge is 0.383 e. The van der Waals surface area contributed by atoms with Crippen molar-refractivity contribution in [1.82, 2.24) is 0 Å². The molecule has 1 aliphatic heterocycles. The first-order valence-corrected chi connectivity index (χ1v) is 24.0. The van der Waals surface area contributed by atoms with E-state index in [1.807, 2.05) is 0 Å². The number of allylic oxidation sites excluding steroid dienone is 2. The zero-order valence-electron chi connectivity index (χ0n) is 38.6. The Labute approximate surface area is 395 Å². The van der Waals surface area contributed by atoms with E-state index in [-0.39, 0.29) is 23.9 Å². The first kappa shape index (κ1) is 42.1. The average molecular weight is 869 g/mol. The quantitative estimate of drug-likeness (QED) is 0.116. The van der Waals surface area contributed by atoms with Gasteiger partial charge < -0.3 is 10.6 Å². The van der Waals surface area contributed by atoms with Crippen LogP contribution in [0.15, 0.2) is 210 Å². The number of nitrogens with zero attached hydrogens (tertiary/aromatic N) is 3. The van der Waals surface area contributed by atoms with Crippen LogP contribution in [0.2, 0.25) is 0 Å². The lowest BCUT2D eigenvalue weighted by atomic mass is 9.85. The lowest BCUT2D eigenvalue weighted by molar-refractivity contribution is 0.684. The Morgan fingerprint density at radius 3 is 2.28 bits per heavy atom. The van der Waals surface area contributed by atoms with Crippen LogP contribution in [0.25, 0.3) is 33.0 Å². The molecular formula is C63H56N4. The summed E-state index contributed by atoms with van der Waals surface area (Å²) in [6, 6.07) is 64.0. The summed E-state index contributed by atoms with van der Waals surface area (Å²) in [7, 11) is 0. The molecule has 0 amide bonds. The van der Waals surface area contributed by atoms with E-state index in [2.05, 4.69) is 226 Å². The molecule has 2 aliphatic carbocycles. The van der Waals surface area contributed by atoms with Gasteiger partial charge in [0.2, 0.25) is 0 Å². The molecule has 11 rings (SSSR count). The lowest BCUT2D eigenvalue weighted by Crippen LogP contribution is -2.29. The highest BCUT2D eigenvalue weighted by molar-refractivity contribution is 6.12. The number of fused-ring (bicyclic) bond motifs is 5. The second-order valence-corrected chi connectivity index (χ2v) is 18.6. The van der Waals surface area contributed by atoms with Crippen molar-refractivity contribution in [3.8, 4) is 22.3 Å². The van der Waals surface area contributed by atoms with Gasteiger partial charge in [0.25, 0.3) is 0 Å². The minimum atomic E-state index is -0.140. The van der Waals surface area contributed by atoms with E-state index in [1.165, 1.54) is 84.1 Å². The summed E-state index contributed by atoms with van der Waals surface area (Å²) in [5.41, 5.74) is 25.5. The van der Waals surface area contributed by atoms with Crippen LogP contribution in [-0.2, 0) is 12.8 Å². The molecule has 0 bridgehead atoms. The second-order valence-electron chi connectivity index (χ2n) is 18.6. The number of aryl methyl sites for hydroxylation is 2. The highest BCUT2D eigenvalue weighted by Crippen LogP contribution is 2.49. The fraction of sp³-hybridized carbons (Fsp3) is 0.175. The molecule has 2 N–H and O–H groups in total. The summed E-state index contributed by atoms with van der Waals surface area (Å²) >= 11 is 0. The van der Waals surface area contributed by atoms with Crippen LogP contribution < -0.4 is 10.6 Å². The van der Waals surface area contributed by atoms with Crippen molar-refractivity contribution >= 4 is 33.8 Å². The van der Waals surface area contributed by atoms with Gasteiger partial charge in [0.15, 0.2) is 5.84 Å². The number of aliphatic imine (C=N–C) groups is 2. The molecule has 0 saturated heterocycles. The lowest BCUT2D eigenvalue weighted by Gasteiger charge is -2.29. The third-order valence-electron chi connectivity index (χ3n) is 14.5. The normalized spacial score (nSPS) is 17.5. The van der Waals surface area contributed by atoms with Gasteiger partial charge in [0.05, 0.1) is 12.1 Å². The number of amidine groups is 2. The van der Waals surface area contributed by atoms with E-state index in [1.54, 1.807) is 0 Å². The third-order valence-corrected chi connectivity index (χ3v) is 14.5. The maximum Gasteiger partial charge on any atom is 0.157 e. The van der Waals surface area contributed by atoms with E-state index < -0.39 is 0 Å². The van der Waals surface area contributed by atoms with Gasteiger partial charge in [-0.1, -0.05) is 183 Å². The van der Waals surface area contributed by atoms with Crippen molar-refractivity contribution in [2.75, 3.05) is 4.90 Å². The van der Waals surface area contributed by atoms with E-state index >= 15 is 0 Å². The number of benzene rings is 8. The zero-order valence-corrected chi connectivity index (χ0v) is 38.6. The number of hydrogen-bond acceptors (Lipinski definition) is 2. The van der Waals surface area contributed by atoms with Crippen LogP contribution in [0.1, 0.15) is 94.6 Å². The van der Waals surface area contributed by atoms with Gasteiger partial charge in [-0.25, -0.2) is 4.99 Å². The van der Waals surface area contributed by atoms with Crippen molar-refractivity contribution in [1.29, 1.82) is 0 Å². The average Bonchev–Trinajstić information content (AvgIpc) is 3.72. The van der Waals surface area contributed by atoms with Crippen LogP contribution in [-0.4, -0.2) is 17.7 Å². The maximum atomic E-state index is 7.17. The summed E-state index contributed by atoms with van der Waals surface area (Å²) in [5, 5.41) is 2.42. The van der Waals surface area contributed by atoms with Gasteiger partial charge in [-0.3, -0.25) is 4.99 Å². The van der Waals surface area contributed by atoms with Crippen molar-refractivity contribution < 1.29 is 0 Å². The highest BCUT2D eigenvalue weighted by atomic mass is 15.2. The smallest absolute Gasteiger partial charge is 0.157 e. The molecule has 3 aliphatic rings. The van der Waals surface area contributed by atoms with Gasteiger partial charge in [-0.15, -0.1) is 0 Å². The second kappa shape index (κ2) is 18.0. The molecule has 328 valence electrons. The maximum absolute atomic E-state index is 7.17. The van der Waals surface area contributed by atoms with E-state index in [0.29, 0.717) is 11.7 Å². The molecular weight excluding hydrogens is 813 g/mol. The molecule has 0 spiro atoms. The Balaban J connectivity index is 0.973. The summed E-state index contributed by atoms with van der Waals surface area (Å²) in [4.78, 5) is 13.2. The summed E-state index contributed by atoms with van der Waals surface area (Å²) in [5.74, 6) is 1.63. The molecule has 0 saturated carbocycles. The Morgan fingerprint density at radius 1 is 0.642 bits per heavy atom. The van der Waals surface area contributed by atoms with Crippen molar-refractivity contribution in [2.24, 2.45) is 15.7 Å². The Kier molecular flexibility index (Phi) is 11.3. The summed E-state index contributed by atoms with van der Waals surface area (Å²) < 4.78 is 0.